The van der Waals surface area contributed by atoms with Crippen LogP contribution < -0.4 is 5.32 Å². The van der Waals surface area contributed by atoms with E-state index in [1.807, 2.05) is 12.1 Å². The molecule has 1 aliphatic rings. The number of nitro benzene ring substituents is 1. The van der Waals surface area contributed by atoms with Crippen LogP contribution in [0.3, 0.4) is 0 Å². The Morgan fingerprint density at radius 2 is 2.18 bits per heavy atom. The molecular weight excluding hydrogens is 216 g/mol. The van der Waals surface area contributed by atoms with Crippen molar-refractivity contribution in [3.63, 3.8) is 0 Å². The molecule has 0 bridgehead atoms. The molecule has 1 aromatic carbocycles. The average Bonchev–Trinajstić information content (AvgIpc) is 2.99. The third-order valence-electron chi connectivity index (χ3n) is 3.45. The highest BCUT2D eigenvalue weighted by molar-refractivity contribution is 5.42. The highest BCUT2D eigenvalue weighted by atomic mass is 16.6. The Kier molecular flexibility index (Phi) is 3.15. The molecule has 0 spiro atoms. The first kappa shape index (κ1) is 12.0. The minimum Gasteiger partial charge on any atom is -0.312 e. The lowest BCUT2D eigenvalue weighted by atomic mass is 10.1. The van der Waals surface area contributed by atoms with Gasteiger partial charge < -0.3 is 5.32 Å². The fourth-order valence-electron chi connectivity index (χ4n) is 1.86. The zero-order chi connectivity index (χ0) is 12.5. The van der Waals surface area contributed by atoms with Gasteiger partial charge in [0.2, 0.25) is 0 Å². The normalized spacial score (nSPS) is 16.8. The molecule has 0 aliphatic heterocycles. The van der Waals surface area contributed by atoms with Gasteiger partial charge in [0.15, 0.2) is 0 Å². The van der Waals surface area contributed by atoms with Crippen LogP contribution >= 0.6 is 0 Å². The van der Waals surface area contributed by atoms with Crippen LogP contribution in [-0.2, 0) is 6.54 Å². The Bertz CT molecular complexity index is 439. The van der Waals surface area contributed by atoms with Crippen LogP contribution in [0.25, 0.3) is 0 Å². The summed E-state index contributed by atoms with van der Waals surface area (Å²) in [7, 11) is 0. The van der Waals surface area contributed by atoms with Crippen molar-refractivity contribution in [1.29, 1.82) is 0 Å². The molecule has 1 fully saturated rings. The van der Waals surface area contributed by atoms with Gasteiger partial charge in [-0.05, 0) is 30.7 Å². The van der Waals surface area contributed by atoms with Crippen LogP contribution in [0.5, 0.6) is 0 Å². The minimum atomic E-state index is -0.318. The third kappa shape index (κ3) is 3.03. The topological polar surface area (TPSA) is 55.2 Å². The second-order valence-electron chi connectivity index (χ2n) is 5.29. The summed E-state index contributed by atoms with van der Waals surface area (Å²) in [5.74, 6) is 0. The molecule has 1 aliphatic carbocycles. The van der Waals surface area contributed by atoms with E-state index in [1.54, 1.807) is 13.0 Å². The van der Waals surface area contributed by atoms with Gasteiger partial charge in [0.05, 0.1) is 4.92 Å². The van der Waals surface area contributed by atoms with E-state index in [-0.39, 0.29) is 10.6 Å². The molecule has 4 nitrogen and oxygen atoms in total. The lowest BCUT2D eigenvalue weighted by Crippen LogP contribution is -2.21. The molecule has 0 radical (unpaired) electrons. The molecule has 0 aromatic heterocycles. The third-order valence-corrected chi connectivity index (χ3v) is 3.45. The first-order valence-electron chi connectivity index (χ1n) is 5.95. The van der Waals surface area contributed by atoms with Crippen LogP contribution in [0, 0.1) is 22.5 Å². The summed E-state index contributed by atoms with van der Waals surface area (Å²) in [6.07, 6.45) is 2.57. The van der Waals surface area contributed by atoms with Crippen molar-refractivity contribution in [3.8, 4) is 0 Å². The second-order valence-corrected chi connectivity index (χ2v) is 5.29. The van der Waals surface area contributed by atoms with Gasteiger partial charge in [-0.25, -0.2) is 0 Å². The maximum Gasteiger partial charge on any atom is 0.272 e. The smallest absolute Gasteiger partial charge is 0.272 e. The highest BCUT2D eigenvalue weighted by Gasteiger charge is 2.36. The first-order valence-corrected chi connectivity index (χ1v) is 5.95. The van der Waals surface area contributed by atoms with Gasteiger partial charge in [-0.15, -0.1) is 0 Å². The summed E-state index contributed by atoms with van der Waals surface area (Å²) in [5, 5.41) is 14.2. The lowest BCUT2D eigenvalue weighted by molar-refractivity contribution is -0.385. The summed E-state index contributed by atoms with van der Waals surface area (Å²) in [5.41, 5.74) is 2.37. The molecule has 1 saturated carbocycles. The lowest BCUT2D eigenvalue weighted by Gasteiger charge is -2.10. The molecular formula is C13H18N2O2. The quantitative estimate of drug-likeness (QED) is 0.629. The van der Waals surface area contributed by atoms with Crippen molar-refractivity contribution in [2.75, 3.05) is 6.54 Å². The monoisotopic (exact) mass is 234 g/mol. The van der Waals surface area contributed by atoms with Gasteiger partial charge in [-0.3, -0.25) is 10.1 Å². The van der Waals surface area contributed by atoms with Crippen molar-refractivity contribution in [2.24, 2.45) is 5.41 Å². The van der Waals surface area contributed by atoms with E-state index in [4.69, 9.17) is 0 Å². The summed E-state index contributed by atoms with van der Waals surface area (Å²) < 4.78 is 0. The Morgan fingerprint density at radius 3 is 2.76 bits per heavy atom. The fourth-order valence-corrected chi connectivity index (χ4v) is 1.86. The maximum absolute atomic E-state index is 10.8. The number of nitro groups is 1. The van der Waals surface area contributed by atoms with Crippen molar-refractivity contribution < 1.29 is 4.92 Å². The Hall–Kier alpha value is -1.42. The first-order chi connectivity index (χ1) is 8.00. The number of nitrogens with zero attached hydrogens (tertiary/aromatic N) is 1. The van der Waals surface area contributed by atoms with Crippen LogP contribution in [0.2, 0.25) is 0 Å². The van der Waals surface area contributed by atoms with Crippen LogP contribution in [-0.4, -0.2) is 11.5 Å². The zero-order valence-corrected chi connectivity index (χ0v) is 10.3. The fraction of sp³-hybridized carbons (Fsp3) is 0.538. The van der Waals surface area contributed by atoms with Gasteiger partial charge >= 0.3 is 0 Å². The van der Waals surface area contributed by atoms with E-state index in [2.05, 4.69) is 12.2 Å². The molecule has 1 aromatic rings. The molecule has 0 saturated heterocycles. The van der Waals surface area contributed by atoms with E-state index in [1.165, 1.54) is 12.8 Å². The molecule has 0 unspecified atom stereocenters. The molecule has 0 amide bonds. The maximum atomic E-state index is 10.8. The minimum absolute atomic E-state index is 0.210. The van der Waals surface area contributed by atoms with Crippen LogP contribution in [0.15, 0.2) is 18.2 Å². The number of aryl methyl sites for hydroxylation is 1. The zero-order valence-electron chi connectivity index (χ0n) is 10.3. The molecule has 0 heterocycles. The number of nitrogens with one attached hydrogen (secondary N) is 1. The van der Waals surface area contributed by atoms with Crippen molar-refractivity contribution in [1.82, 2.24) is 5.32 Å². The van der Waals surface area contributed by atoms with Crippen LogP contribution in [0.1, 0.15) is 30.9 Å². The van der Waals surface area contributed by atoms with Gasteiger partial charge in [-0.1, -0.05) is 19.1 Å². The Labute approximate surface area is 101 Å². The largest absolute Gasteiger partial charge is 0.312 e. The number of rotatable bonds is 5. The molecule has 0 atom stereocenters. The summed E-state index contributed by atoms with van der Waals surface area (Å²) in [4.78, 5) is 10.5. The van der Waals surface area contributed by atoms with Crippen molar-refractivity contribution >= 4 is 5.69 Å². The summed E-state index contributed by atoms with van der Waals surface area (Å²) in [6.45, 7) is 5.73. The van der Waals surface area contributed by atoms with E-state index < -0.39 is 0 Å². The van der Waals surface area contributed by atoms with E-state index in [0.717, 1.165) is 12.1 Å². The Balaban J connectivity index is 1.96. The number of hydrogen-bond donors (Lipinski definition) is 1. The van der Waals surface area contributed by atoms with E-state index >= 15 is 0 Å². The second kappa shape index (κ2) is 4.45. The average molecular weight is 234 g/mol. The van der Waals surface area contributed by atoms with Gasteiger partial charge in [0.25, 0.3) is 5.69 Å². The standard InChI is InChI=1S/C13H18N2O2/c1-10-3-4-11(7-12(10)15(16)17)8-14-9-13(2)5-6-13/h3-4,7,14H,5-6,8-9H2,1-2H3. The highest BCUT2D eigenvalue weighted by Crippen LogP contribution is 2.44. The summed E-state index contributed by atoms with van der Waals surface area (Å²) >= 11 is 0. The molecule has 1 N–H and O–H groups in total. The van der Waals surface area contributed by atoms with Crippen LogP contribution in [0.4, 0.5) is 5.69 Å². The SMILES string of the molecule is Cc1ccc(CNCC2(C)CC2)cc1[N+](=O)[O-]. The van der Waals surface area contributed by atoms with Gasteiger partial charge in [-0.2, -0.15) is 0 Å². The van der Waals surface area contributed by atoms with Crippen molar-refractivity contribution in [2.45, 2.75) is 33.2 Å². The summed E-state index contributed by atoms with van der Waals surface area (Å²) in [6, 6.07) is 5.43. The van der Waals surface area contributed by atoms with Crippen molar-refractivity contribution in [3.05, 3.63) is 39.4 Å². The predicted molar refractivity (Wildman–Crippen MR) is 66.9 cm³/mol. The number of benzene rings is 1. The predicted octanol–water partition coefficient (Wildman–Crippen LogP) is 2.79. The number of hydrogen-bond acceptors (Lipinski definition) is 3. The van der Waals surface area contributed by atoms with E-state index in [9.17, 15) is 10.1 Å². The Morgan fingerprint density at radius 1 is 1.47 bits per heavy atom. The van der Waals surface area contributed by atoms with E-state index in [0.29, 0.717) is 17.5 Å². The van der Waals surface area contributed by atoms with Gasteiger partial charge in [0.1, 0.15) is 0 Å². The molecule has 2 rings (SSSR count). The molecule has 92 valence electrons. The molecule has 17 heavy (non-hydrogen) atoms. The molecule has 4 heteroatoms. The van der Waals surface area contributed by atoms with Gasteiger partial charge in [0, 0.05) is 24.7 Å².